The van der Waals surface area contributed by atoms with E-state index in [1.807, 2.05) is 42.3 Å². The molecule has 0 radical (unpaired) electrons. The summed E-state index contributed by atoms with van der Waals surface area (Å²) in [7, 11) is 3.63. The topological polar surface area (TPSA) is 91.9 Å². The Balaban J connectivity index is 0.00000361. The van der Waals surface area contributed by atoms with Gasteiger partial charge in [-0.05, 0) is 63.1 Å². The van der Waals surface area contributed by atoms with E-state index in [1.54, 1.807) is 7.11 Å². The number of carbonyl (C=O) groups is 1. The van der Waals surface area contributed by atoms with E-state index in [0.717, 1.165) is 28.8 Å². The van der Waals surface area contributed by atoms with E-state index >= 15 is 0 Å². The Hall–Kier alpha value is -2.94. The van der Waals surface area contributed by atoms with E-state index in [1.165, 1.54) is 24.9 Å². The average Bonchev–Trinajstić information content (AvgIpc) is 3.34. The van der Waals surface area contributed by atoms with Crippen molar-refractivity contribution in [2.45, 2.75) is 51.8 Å². The van der Waals surface area contributed by atoms with E-state index in [2.05, 4.69) is 34.1 Å². The van der Waals surface area contributed by atoms with Crippen molar-refractivity contribution < 1.29 is 19.2 Å². The van der Waals surface area contributed by atoms with Gasteiger partial charge < -0.3 is 24.2 Å². The van der Waals surface area contributed by atoms with Crippen molar-refractivity contribution in [2.75, 3.05) is 32.1 Å². The number of benzene rings is 2. The predicted molar refractivity (Wildman–Crippen MR) is 142 cm³/mol. The molecule has 1 aliphatic rings. The molecule has 0 bridgehead atoms. The number of ether oxygens (including phenoxy) is 1. The summed E-state index contributed by atoms with van der Waals surface area (Å²) in [5.41, 5.74) is 5.12. The van der Waals surface area contributed by atoms with Gasteiger partial charge in [0.2, 0.25) is 5.82 Å². The Labute approximate surface area is 218 Å². The molecule has 1 atom stereocenters. The van der Waals surface area contributed by atoms with Gasteiger partial charge in [-0.3, -0.25) is 4.79 Å². The van der Waals surface area contributed by atoms with Crippen LogP contribution < -0.4 is 4.90 Å². The number of carboxylic acid groups (broad SMARTS) is 1. The van der Waals surface area contributed by atoms with Crippen LogP contribution in [0.1, 0.15) is 43.7 Å². The number of hydrogen-bond donors (Lipinski definition) is 1. The standard InChI is InChI=1S/C27H34N4O4.ClH/c1-19-7-4-5-13-31(19)24-11-10-22(16-23(24)18-34-3)27-28-26(29-35-27)21-9-6-8-20(15-21)17-30(2)14-12-25(32)33;/h6,8-11,15-16,19H,4-5,7,12-14,17-18H2,1-3H3,(H,32,33);1H. The summed E-state index contributed by atoms with van der Waals surface area (Å²) in [6, 6.07) is 14.7. The first-order valence-electron chi connectivity index (χ1n) is 12.2. The van der Waals surface area contributed by atoms with Crippen molar-refractivity contribution in [3.8, 4) is 22.8 Å². The minimum Gasteiger partial charge on any atom is -0.481 e. The third kappa shape index (κ3) is 6.84. The fraction of sp³-hybridized carbons (Fsp3) is 0.444. The number of halogens is 1. The predicted octanol–water partition coefficient (Wildman–Crippen LogP) is 5.26. The largest absolute Gasteiger partial charge is 0.481 e. The lowest BCUT2D eigenvalue weighted by atomic mass is 10.00. The molecular weight excluding hydrogens is 480 g/mol. The minimum atomic E-state index is -0.794. The summed E-state index contributed by atoms with van der Waals surface area (Å²) in [6.45, 7) is 4.99. The Morgan fingerprint density at radius 3 is 2.81 bits per heavy atom. The van der Waals surface area contributed by atoms with Gasteiger partial charge in [0.15, 0.2) is 0 Å². The fourth-order valence-electron chi connectivity index (χ4n) is 4.67. The number of rotatable bonds is 10. The molecule has 1 aliphatic heterocycles. The Bertz CT molecular complexity index is 1150. The molecule has 2 aromatic carbocycles. The van der Waals surface area contributed by atoms with Crippen molar-refractivity contribution in [3.63, 3.8) is 0 Å². The van der Waals surface area contributed by atoms with Crippen LogP contribution in [0.4, 0.5) is 5.69 Å². The summed E-state index contributed by atoms with van der Waals surface area (Å²) in [4.78, 5) is 19.9. The molecule has 4 rings (SSSR count). The van der Waals surface area contributed by atoms with Crippen molar-refractivity contribution in [2.24, 2.45) is 0 Å². The zero-order valence-corrected chi connectivity index (χ0v) is 22.0. The minimum absolute atomic E-state index is 0. The number of aromatic nitrogens is 2. The van der Waals surface area contributed by atoms with Crippen LogP contribution >= 0.6 is 12.4 Å². The monoisotopic (exact) mass is 514 g/mol. The van der Waals surface area contributed by atoms with Crippen LogP contribution in [0.25, 0.3) is 22.8 Å². The first kappa shape index (κ1) is 27.6. The normalized spacial score (nSPS) is 15.7. The second-order valence-corrected chi connectivity index (χ2v) is 9.32. The number of methoxy groups -OCH3 is 1. The molecule has 36 heavy (non-hydrogen) atoms. The molecule has 1 saturated heterocycles. The fourth-order valence-corrected chi connectivity index (χ4v) is 4.67. The highest BCUT2D eigenvalue weighted by molar-refractivity contribution is 5.85. The van der Waals surface area contributed by atoms with E-state index in [9.17, 15) is 4.79 Å². The maximum atomic E-state index is 10.8. The van der Waals surface area contributed by atoms with Crippen LogP contribution in [0.5, 0.6) is 0 Å². The third-order valence-corrected chi connectivity index (χ3v) is 6.51. The second-order valence-electron chi connectivity index (χ2n) is 9.32. The number of piperidine rings is 1. The summed E-state index contributed by atoms with van der Waals surface area (Å²) >= 11 is 0. The van der Waals surface area contributed by atoms with Crippen LogP contribution in [0, 0.1) is 0 Å². The van der Waals surface area contributed by atoms with Gasteiger partial charge in [-0.15, -0.1) is 12.4 Å². The summed E-state index contributed by atoms with van der Waals surface area (Å²) in [5.74, 6) is 0.202. The first-order valence-corrected chi connectivity index (χ1v) is 12.2. The summed E-state index contributed by atoms with van der Waals surface area (Å²) < 4.78 is 11.1. The van der Waals surface area contributed by atoms with E-state index < -0.39 is 5.97 Å². The van der Waals surface area contributed by atoms with Gasteiger partial charge in [0.1, 0.15) is 0 Å². The van der Waals surface area contributed by atoms with Crippen LogP contribution in [0.3, 0.4) is 0 Å². The summed E-state index contributed by atoms with van der Waals surface area (Å²) in [6.07, 6.45) is 3.81. The second kappa shape index (κ2) is 12.9. The number of hydrogen-bond acceptors (Lipinski definition) is 7. The molecule has 8 nitrogen and oxygen atoms in total. The lowest BCUT2D eigenvalue weighted by molar-refractivity contribution is -0.137. The number of anilines is 1. The van der Waals surface area contributed by atoms with E-state index in [-0.39, 0.29) is 18.8 Å². The number of aliphatic carboxylic acids is 1. The molecule has 1 unspecified atom stereocenters. The molecule has 1 fully saturated rings. The highest BCUT2D eigenvalue weighted by Crippen LogP contribution is 2.32. The van der Waals surface area contributed by atoms with Crippen molar-refractivity contribution >= 4 is 24.1 Å². The first-order chi connectivity index (χ1) is 16.9. The van der Waals surface area contributed by atoms with Gasteiger partial charge in [-0.1, -0.05) is 23.4 Å². The maximum absolute atomic E-state index is 10.8. The zero-order chi connectivity index (χ0) is 24.8. The molecule has 0 aliphatic carbocycles. The van der Waals surface area contributed by atoms with E-state index in [0.29, 0.717) is 37.5 Å². The number of carboxylic acids is 1. The molecule has 9 heteroatoms. The number of nitrogens with zero attached hydrogens (tertiary/aromatic N) is 4. The molecule has 0 saturated carbocycles. The smallest absolute Gasteiger partial charge is 0.304 e. The van der Waals surface area contributed by atoms with Crippen LogP contribution in [0.15, 0.2) is 47.0 Å². The third-order valence-electron chi connectivity index (χ3n) is 6.51. The van der Waals surface area contributed by atoms with Crippen molar-refractivity contribution in [1.82, 2.24) is 15.0 Å². The van der Waals surface area contributed by atoms with Gasteiger partial charge in [-0.2, -0.15) is 4.98 Å². The van der Waals surface area contributed by atoms with Gasteiger partial charge in [0.05, 0.1) is 13.0 Å². The molecule has 0 amide bonds. The van der Waals surface area contributed by atoms with Gasteiger partial charge in [0, 0.05) is 55.2 Å². The van der Waals surface area contributed by atoms with Crippen LogP contribution in [-0.4, -0.2) is 59.4 Å². The van der Waals surface area contributed by atoms with Gasteiger partial charge in [0.25, 0.3) is 5.89 Å². The molecular formula is C27H35ClN4O4. The molecule has 1 N–H and O–H groups in total. The lowest BCUT2D eigenvalue weighted by Crippen LogP contribution is -2.38. The summed E-state index contributed by atoms with van der Waals surface area (Å²) in [5, 5.41) is 13.1. The van der Waals surface area contributed by atoms with Crippen molar-refractivity contribution in [3.05, 3.63) is 53.6 Å². The molecule has 2 heterocycles. The van der Waals surface area contributed by atoms with Crippen LogP contribution in [-0.2, 0) is 22.7 Å². The van der Waals surface area contributed by atoms with E-state index in [4.69, 9.17) is 14.4 Å². The highest BCUT2D eigenvalue weighted by Gasteiger charge is 2.22. The Morgan fingerprint density at radius 1 is 1.22 bits per heavy atom. The molecule has 3 aromatic rings. The molecule has 0 spiro atoms. The highest BCUT2D eigenvalue weighted by atomic mass is 35.5. The molecule has 194 valence electrons. The van der Waals surface area contributed by atoms with Crippen molar-refractivity contribution in [1.29, 1.82) is 0 Å². The SMILES string of the molecule is COCc1cc(-c2nc(-c3cccc(CN(C)CCC(=O)O)c3)no2)ccc1N1CCCCC1C.Cl. The average molecular weight is 515 g/mol. The quantitative estimate of drug-likeness (QED) is 0.392. The Morgan fingerprint density at radius 2 is 2.06 bits per heavy atom. The van der Waals surface area contributed by atoms with Gasteiger partial charge in [-0.25, -0.2) is 0 Å². The van der Waals surface area contributed by atoms with Gasteiger partial charge >= 0.3 is 5.97 Å². The Kier molecular flexibility index (Phi) is 9.87. The lowest BCUT2D eigenvalue weighted by Gasteiger charge is -2.36. The zero-order valence-electron chi connectivity index (χ0n) is 21.1. The maximum Gasteiger partial charge on any atom is 0.304 e. The van der Waals surface area contributed by atoms with Crippen LogP contribution in [0.2, 0.25) is 0 Å². The molecule has 1 aromatic heterocycles.